The number of amides is 2. The number of nitrogens with one attached hydrogen (secondary N) is 1. The van der Waals surface area contributed by atoms with Gasteiger partial charge in [0.05, 0.1) is 17.4 Å². The molecule has 2 aromatic carbocycles. The predicted molar refractivity (Wildman–Crippen MR) is 110 cm³/mol. The van der Waals surface area contributed by atoms with Crippen LogP contribution in [0.25, 0.3) is 0 Å². The summed E-state index contributed by atoms with van der Waals surface area (Å²) in [7, 11) is -3.80. The molecule has 28 heavy (non-hydrogen) atoms. The molecule has 0 radical (unpaired) electrons. The highest BCUT2D eigenvalue weighted by molar-refractivity contribution is 8.00. The lowest BCUT2D eigenvalue weighted by Gasteiger charge is -2.16. The first-order chi connectivity index (χ1) is 13.3. The fourth-order valence-corrected chi connectivity index (χ4v) is 5.66. The summed E-state index contributed by atoms with van der Waals surface area (Å²) in [6.45, 7) is 1.87. The van der Waals surface area contributed by atoms with Crippen molar-refractivity contribution < 1.29 is 18.0 Å². The van der Waals surface area contributed by atoms with Crippen molar-refractivity contribution in [3.05, 3.63) is 64.7 Å². The van der Waals surface area contributed by atoms with Crippen molar-refractivity contribution in [3.63, 3.8) is 0 Å². The molecule has 148 valence electrons. The van der Waals surface area contributed by atoms with Crippen molar-refractivity contribution in [1.82, 2.24) is 9.62 Å². The monoisotopic (exact) mass is 438 g/mol. The molecule has 0 saturated carbocycles. The Bertz CT molecular complexity index is 1010. The molecule has 0 fully saturated rings. The molecule has 0 aliphatic carbocycles. The van der Waals surface area contributed by atoms with Crippen molar-refractivity contribution in [3.8, 4) is 0 Å². The Balaban J connectivity index is 1.49. The summed E-state index contributed by atoms with van der Waals surface area (Å²) in [5, 5.41) is 3.45. The minimum atomic E-state index is -3.80. The molecule has 3 rings (SSSR count). The standard InChI is InChI=1S/C19H19ClN2O4S2/c1-13(14-6-2-4-8-16(14)20)21-18(23)12-27-11-10-22-19(24)15-7-3-5-9-17(15)28(22,25)26/h2-9,13H,10-12H2,1H3,(H,21,23). The van der Waals surface area contributed by atoms with Gasteiger partial charge in [-0.2, -0.15) is 11.8 Å². The van der Waals surface area contributed by atoms with Crippen LogP contribution in [0.3, 0.4) is 0 Å². The zero-order valence-corrected chi connectivity index (χ0v) is 17.5. The molecule has 2 amide bonds. The van der Waals surface area contributed by atoms with Gasteiger partial charge in [-0.3, -0.25) is 9.59 Å². The minimum Gasteiger partial charge on any atom is -0.349 e. The molecule has 0 spiro atoms. The van der Waals surface area contributed by atoms with E-state index in [0.717, 1.165) is 9.87 Å². The Hall–Kier alpha value is -2.03. The average Bonchev–Trinajstić information content (AvgIpc) is 2.86. The van der Waals surface area contributed by atoms with E-state index in [2.05, 4.69) is 5.32 Å². The van der Waals surface area contributed by atoms with Crippen LogP contribution in [0.5, 0.6) is 0 Å². The third-order valence-electron chi connectivity index (χ3n) is 4.33. The van der Waals surface area contributed by atoms with Crippen molar-refractivity contribution >= 4 is 45.2 Å². The molecule has 1 aliphatic heterocycles. The van der Waals surface area contributed by atoms with Crippen molar-refractivity contribution in [2.45, 2.75) is 17.9 Å². The largest absolute Gasteiger partial charge is 0.349 e. The SMILES string of the molecule is CC(NC(=O)CSCCN1C(=O)c2ccccc2S1(=O)=O)c1ccccc1Cl. The molecular formula is C19H19ClN2O4S2. The summed E-state index contributed by atoms with van der Waals surface area (Å²) >= 11 is 7.40. The molecule has 0 aromatic heterocycles. The highest BCUT2D eigenvalue weighted by Crippen LogP contribution is 2.30. The first-order valence-corrected chi connectivity index (χ1v) is 11.6. The molecular weight excluding hydrogens is 420 g/mol. The Morgan fingerprint density at radius 1 is 1.18 bits per heavy atom. The van der Waals surface area contributed by atoms with Crippen LogP contribution in [0.1, 0.15) is 28.9 Å². The molecule has 1 unspecified atom stereocenters. The Kier molecular flexibility index (Phi) is 6.32. The van der Waals surface area contributed by atoms with Gasteiger partial charge in [-0.05, 0) is 30.7 Å². The fraction of sp³-hybridized carbons (Fsp3) is 0.263. The number of fused-ring (bicyclic) bond motifs is 1. The first kappa shape index (κ1) is 20.7. The maximum Gasteiger partial charge on any atom is 0.269 e. The molecule has 1 aliphatic rings. The average molecular weight is 439 g/mol. The lowest BCUT2D eigenvalue weighted by Crippen LogP contribution is -2.33. The van der Waals surface area contributed by atoms with Gasteiger partial charge < -0.3 is 5.32 Å². The van der Waals surface area contributed by atoms with Crippen LogP contribution in [0.2, 0.25) is 5.02 Å². The summed E-state index contributed by atoms with van der Waals surface area (Å²) in [6, 6.07) is 13.2. The number of carbonyl (C=O) groups excluding carboxylic acids is 2. The number of sulfonamides is 1. The normalized spacial score (nSPS) is 15.9. The van der Waals surface area contributed by atoms with E-state index in [1.165, 1.54) is 23.9 Å². The number of carbonyl (C=O) groups is 2. The van der Waals surface area contributed by atoms with Crippen LogP contribution < -0.4 is 5.32 Å². The van der Waals surface area contributed by atoms with E-state index in [9.17, 15) is 18.0 Å². The van der Waals surface area contributed by atoms with E-state index in [1.54, 1.807) is 18.2 Å². The summed E-state index contributed by atoms with van der Waals surface area (Å²) in [4.78, 5) is 24.5. The summed E-state index contributed by atoms with van der Waals surface area (Å²) < 4.78 is 25.8. The number of hydrogen-bond donors (Lipinski definition) is 1. The highest BCUT2D eigenvalue weighted by Gasteiger charge is 2.40. The fourth-order valence-electron chi connectivity index (χ4n) is 2.95. The van der Waals surface area contributed by atoms with Crippen molar-refractivity contribution in [2.75, 3.05) is 18.1 Å². The number of benzene rings is 2. The quantitative estimate of drug-likeness (QED) is 0.671. The van der Waals surface area contributed by atoms with E-state index >= 15 is 0 Å². The zero-order valence-electron chi connectivity index (χ0n) is 15.1. The van der Waals surface area contributed by atoms with Gasteiger partial charge in [-0.1, -0.05) is 41.9 Å². The number of halogens is 1. The van der Waals surface area contributed by atoms with Gasteiger partial charge in [-0.15, -0.1) is 0 Å². The number of hydrogen-bond acceptors (Lipinski definition) is 5. The minimum absolute atomic E-state index is 0.0217. The van der Waals surface area contributed by atoms with E-state index in [4.69, 9.17) is 11.6 Å². The van der Waals surface area contributed by atoms with Gasteiger partial charge in [0.25, 0.3) is 15.9 Å². The predicted octanol–water partition coefficient (Wildman–Crippen LogP) is 3.10. The molecule has 0 saturated heterocycles. The second-order valence-electron chi connectivity index (χ2n) is 6.24. The van der Waals surface area contributed by atoms with Crippen LogP contribution in [0, 0.1) is 0 Å². The Morgan fingerprint density at radius 2 is 1.86 bits per heavy atom. The van der Waals surface area contributed by atoms with Crippen molar-refractivity contribution in [1.29, 1.82) is 0 Å². The van der Waals surface area contributed by atoms with E-state index in [1.807, 2.05) is 25.1 Å². The number of nitrogens with zero attached hydrogens (tertiary/aromatic N) is 1. The van der Waals surface area contributed by atoms with Gasteiger partial charge >= 0.3 is 0 Å². The zero-order chi connectivity index (χ0) is 20.3. The lowest BCUT2D eigenvalue weighted by atomic mass is 10.1. The summed E-state index contributed by atoms with van der Waals surface area (Å²) in [5.41, 5.74) is 1.02. The van der Waals surface area contributed by atoms with Crippen molar-refractivity contribution in [2.24, 2.45) is 0 Å². The Labute approximate surface area is 173 Å². The van der Waals surface area contributed by atoms with Crippen LogP contribution in [-0.4, -0.2) is 42.6 Å². The molecule has 6 nitrogen and oxygen atoms in total. The second kappa shape index (κ2) is 8.55. The number of rotatable bonds is 7. The Morgan fingerprint density at radius 3 is 2.57 bits per heavy atom. The summed E-state index contributed by atoms with van der Waals surface area (Å²) in [6.07, 6.45) is 0. The molecule has 1 heterocycles. The first-order valence-electron chi connectivity index (χ1n) is 8.60. The summed E-state index contributed by atoms with van der Waals surface area (Å²) in [5.74, 6) is -0.222. The molecule has 1 atom stereocenters. The van der Waals surface area contributed by atoms with E-state index in [0.29, 0.717) is 10.8 Å². The molecule has 1 N–H and O–H groups in total. The van der Waals surface area contributed by atoms with E-state index < -0.39 is 15.9 Å². The number of thioether (sulfide) groups is 1. The van der Waals surface area contributed by atoms with Gasteiger partial charge in [0.1, 0.15) is 4.90 Å². The smallest absolute Gasteiger partial charge is 0.269 e. The molecule has 9 heteroatoms. The van der Waals surface area contributed by atoms with Gasteiger partial charge in [-0.25, -0.2) is 12.7 Å². The van der Waals surface area contributed by atoms with Crippen LogP contribution in [0.15, 0.2) is 53.4 Å². The van der Waals surface area contributed by atoms with Crippen LogP contribution >= 0.6 is 23.4 Å². The van der Waals surface area contributed by atoms with Crippen LogP contribution in [0.4, 0.5) is 0 Å². The van der Waals surface area contributed by atoms with Gasteiger partial charge in [0.2, 0.25) is 5.91 Å². The van der Waals surface area contributed by atoms with E-state index in [-0.39, 0.29) is 34.7 Å². The van der Waals surface area contributed by atoms with Gasteiger partial charge in [0.15, 0.2) is 0 Å². The third-order valence-corrected chi connectivity index (χ3v) is 7.46. The lowest BCUT2D eigenvalue weighted by molar-refractivity contribution is -0.119. The molecule has 0 bridgehead atoms. The maximum absolute atomic E-state index is 12.5. The van der Waals surface area contributed by atoms with Crippen LogP contribution in [-0.2, 0) is 14.8 Å². The third kappa shape index (κ3) is 4.19. The topological polar surface area (TPSA) is 83.6 Å². The van der Waals surface area contributed by atoms with Gasteiger partial charge in [0, 0.05) is 17.3 Å². The highest BCUT2D eigenvalue weighted by atomic mass is 35.5. The maximum atomic E-state index is 12.5. The second-order valence-corrected chi connectivity index (χ2v) is 9.58. The molecule has 2 aromatic rings.